The summed E-state index contributed by atoms with van der Waals surface area (Å²) in [4.78, 5) is 21.3. The van der Waals surface area contributed by atoms with Crippen molar-refractivity contribution in [1.29, 1.82) is 0 Å². The van der Waals surface area contributed by atoms with Crippen LogP contribution in [0.4, 0.5) is 5.95 Å². The van der Waals surface area contributed by atoms with E-state index in [0.717, 1.165) is 35.4 Å². The fourth-order valence-corrected chi connectivity index (χ4v) is 3.70. The lowest BCUT2D eigenvalue weighted by molar-refractivity contribution is -0.148. The maximum absolute atomic E-state index is 12.7. The molecule has 2 aliphatic rings. The molecule has 136 valence electrons. The molecule has 0 aromatic carbocycles. The van der Waals surface area contributed by atoms with E-state index < -0.39 is 6.04 Å². The van der Waals surface area contributed by atoms with Gasteiger partial charge in [0, 0.05) is 12.7 Å². The van der Waals surface area contributed by atoms with E-state index in [1.165, 1.54) is 0 Å². The van der Waals surface area contributed by atoms with Crippen LogP contribution in [-0.2, 0) is 16.0 Å². The van der Waals surface area contributed by atoms with E-state index in [2.05, 4.69) is 29.2 Å². The Morgan fingerprint density at radius 3 is 2.96 bits per heavy atom. The summed E-state index contributed by atoms with van der Waals surface area (Å²) >= 11 is 0. The number of esters is 1. The van der Waals surface area contributed by atoms with E-state index in [1.807, 2.05) is 11.9 Å². The first-order valence-electron chi connectivity index (χ1n) is 8.65. The van der Waals surface area contributed by atoms with Gasteiger partial charge in [-0.05, 0) is 42.9 Å². The lowest BCUT2D eigenvalue weighted by Gasteiger charge is -2.34. The molecule has 5 N–H and O–H groups in total. The number of nitrogens with zero attached hydrogens (tertiary/aromatic N) is 3. The zero-order chi connectivity index (χ0) is 18.2. The third-order valence-electron chi connectivity index (χ3n) is 4.70. The molecular formula is C17H26N6O2. The number of nitrogens with two attached hydrogens (primary N) is 2. The Morgan fingerprint density at radius 2 is 2.28 bits per heavy atom. The van der Waals surface area contributed by atoms with Gasteiger partial charge in [-0.25, -0.2) is 19.8 Å². The van der Waals surface area contributed by atoms with Crippen LogP contribution in [0.15, 0.2) is 11.8 Å². The van der Waals surface area contributed by atoms with Crippen LogP contribution in [0.5, 0.6) is 0 Å². The summed E-state index contributed by atoms with van der Waals surface area (Å²) in [7, 11) is 0. The Balaban J connectivity index is 2.09. The van der Waals surface area contributed by atoms with E-state index in [4.69, 9.17) is 16.2 Å². The maximum Gasteiger partial charge on any atom is 0.329 e. The number of hydrazine groups is 1. The van der Waals surface area contributed by atoms with Crippen molar-refractivity contribution in [2.24, 2.45) is 11.1 Å². The molecule has 8 heteroatoms. The highest BCUT2D eigenvalue weighted by atomic mass is 16.5. The van der Waals surface area contributed by atoms with Crippen LogP contribution in [0.1, 0.15) is 38.4 Å². The minimum atomic E-state index is -0.485. The number of hydrogen-bond acceptors (Lipinski definition) is 8. The van der Waals surface area contributed by atoms with Crippen molar-refractivity contribution in [3.05, 3.63) is 23.0 Å². The van der Waals surface area contributed by atoms with Crippen molar-refractivity contribution in [2.45, 2.75) is 39.7 Å². The maximum atomic E-state index is 12.7. The topological polar surface area (TPSA) is 119 Å². The molecule has 0 amide bonds. The Bertz CT molecular complexity index is 715. The number of anilines is 1. The van der Waals surface area contributed by atoms with E-state index >= 15 is 0 Å². The number of fused-ring (bicyclic) bond motifs is 2. The number of ether oxygens (including phenoxy) is 1. The van der Waals surface area contributed by atoms with Crippen LogP contribution in [0, 0.1) is 5.41 Å². The normalized spacial score (nSPS) is 21.5. The first kappa shape index (κ1) is 17.6. The number of nitrogen functional groups attached to an aromatic ring is 1. The molecule has 1 unspecified atom stereocenters. The van der Waals surface area contributed by atoms with Gasteiger partial charge in [-0.1, -0.05) is 13.8 Å². The Hall–Kier alpha value is -2.19. The van der Waals surface area contributed by atoms with E-state index in [-0.39, 0.29) is 17.3 Å². The molecule has 2 heterocycles. The molecule has 1 atom stereocenters. The highest BCUT2D eigenvalue weighted by molar-refractivity contribution is 5.87. The third kappa shape index (κ3) is 3.07. The molecule has 0 bridgehead atoms. The lowest BCUT2D eigenvalue weighted by Crippen LogP contribution is -2.47. The van der Waals surface area contributed by atoms with Gasteiger partial charge in [0.15, 0.2) is 6.04 Å². The second kappa shape index (κ2) is 6.61. The smallest absolute Gasteiger partial charge is 0.329 e. The first-order valence-corrected chi connectivity index (χ1v) is 8.65. The Labute approximate surface area is 147 Å². The number of rotatable bonds is 5. The SMILES string of the molecule is CCOC(=O)C1C2=C(NN1CCCN)c1nc(N)ncc1CC2(C)C. The lowest BCUT2D eigenvalue weighted by atomic mass is 9.71. The van der Waals surface area contributed by atoms with E-state index in [0.29, 0.717) is 19.7 Å². The molecule has 1 aromatic rings. The predicted molar refractivity (Wildman–Crippen MR) is 94.8 cm³/mol. The molecule has 0 saturated carbocycles. The summed E-state index contributed by atoms with van der Waals surface area (Å²) < 4.78 is 5.35. The quantitative estimate of drug-likeness (QED) is 0.658. The second-order valence-electron chi connectivity index (χ2n) is 7.05. The first-order chi connectivity index (χ1) is 11.9. The summed E-state index contributed by atoms with van der Waals surface area (Å²) in [6, 6.07) is -0.485. The zero-order valence-electron chi connectivity index (χ0n) is 15.0. The molecule has 0 saturated heterocycles. The highest BCUT2D eigenvalue weighted by Gasteiger charge is 2.48. The second-order valence-corrected chi connectivity index (χ2v) is 7.05. The average molecular weight is 346 g/mol. The molecule has 1 aromatic heterocycles. The predicted octanol–water partition coefficient (Wildman–Crippen LogP) is 0.453. The van der Waals surface area contributed by atoms with E-state index in [1.54, 1.807) is 6.20 Å². The third-order valence-corrected chi connectivity index (χ3v) is 4.70. The van der Waals surface area contributed by atoms with Gasteiger partial charge in [0.25, 0.3) is 0 Å². The fourth-order valence-electron chi connectivity index (χ4n) is 3.70. The van der Waals surface area contributed by atoms with Gasteiger partial charge in [-0.2, -0.15) is 0 Å². The molecule has 1 aliphatic carbocycles. The van der Waals surface area contributed by atoms with Crippen molar-refractivity contribution in [3.63, 3.8) is 0 Å². The van der Waals surface area contributed by atoms with Gasteiger partial charge >= 0.3 is 5.97 Å². The van der Waals surface area contributed by atoms with Crippen molar-refractivity contribution < 1.29 is 9.53 Å². The summed E-state index contributed by atoms with van der Waals surface area (Å²) in [6.45, 7) is 7.60. The Morgan fingerprint density at radius 1 is 1.52 bits per heavy atom. The average Bonchev–Trinajstić information content (AvgIpc) is 2.95. The monoisotopic (exact) mass is 346 g/mol. The highest BCUT2D eigenvalue weighted by Crippen LogP contribution is 2.46. The van der Waals surface area contributed by atoms with Gasteiger partial charge < -0.3 is 21.6 Å². The van der Waals surface area contributed by atoms with Crippen LogP contribution in [-0.4, -0.2) is 46.7 Å². The fraction of sp³-hybridized carbons (Fsp3) is 0.588. The van der Waals surface area contributed by atoms with Gasteiger partial charge in [0.1, 0.15) is 0 Å². The number of aromatic nitrogens is 2. The summed E-state index contributed by atoms with van der Waals surface area (Å²) in [5, 5.41) is 1.91. The summed E-state index contributed by atoms with van der Waals surface area (Å²) in [6.07, 6.45) is 3.28. The molecule has 0 spiro atoms. The van der Waals surface area contributed by atoms with Crippen LogP contribution in [0.2, 0.25) is 0 Å². The van der Waals surface area contributed by atoms with Crippen LogP contribution >= 0.6 is 0 Å². The number of nitrogens with one attached hydrogen (secondary N) is 1. The largest absolute Gasteiger partial charge is 0.465 e. The number of carbonyl (C=O) groups is 1. The van der Waals surface area contributed by atoms with E-state index in [9.17, 15) is 4.79 Å². The summed E-state index contributed by atoms with van der Waals surface area (Å²) in [5.74, 6) is -0.0317. The minimum Gasteiger partial charge on any atom is -0.465 e. The van der Waals surface area contributed by atoms with Crippen molar-refractivity contribution in [3.8, 4) is 0 Å². The molecule has 25 heavy (non-hydrogen) atoms. The van der Waals surface area contributed by atoms with Gasteiger partial charge in [0.05, 0.1) is 18.0 Å². The van der Waals surface area contributed by atoms with Crippen LogP contribution in [0.25, 0.3) is 5.70 Å². The number of carbonyl (C=O) groups excluding carboxylic acids is 1. The molecular weight excluding hydrogens is 320 g/mol. The van der Waals surface area contributed by atoms with Crippen LogP contribution < -0.4 is 16.9 Å². The van der Waals surface area contributed by atoms with Gasteiger partial charge in [-0.15, -0.1) is 0 Å². The van der Waals surface area contributed by atoms with Crippen molar-refractivity contribution >= 4 is 17.6 Å². The molecule has 8 nitrogen and oxygen atoms in total. The minimum absolute atomic E-state index is 0.222. The molecule has 3 rings (SSSR count). The van der Waals surface area contributed by atoms with Crippen LogP contribution in [0.3, 0.4) is 0 Å². The molecule has 1 aliphatic heterocycles. The Kier molecular flexibility index (Phi) is 4.66. The van der Waals surface area contributed by atoms with Gasteiger partial charge in [0.2, 0.25) is 5.95 Å². The molecule has 0 radical (unpaired) electrons. The van der Waals surface area contributed by atoms with Crippen molar-refractivity contribution in [1.82, 2.24) is 20.4 Å². The van der Waals surface area contributed by atoms with Gasteiger partial charge in [-0.3, -0.25) is 0 Å². The number of hydrogen-bond donors (Lipinski definition) is 3. The summed E-state index contributed by atoms with van der Waals surface area (Å²) in [5.41, 5.74) is 18.2. The molecule has 0 fully saturated rings. The standard InChI is InChI=1S/C17H26N6O2/c1-4-25-15(24)14-11-13(22-23(14)7-5-6-18)12-10(8-17(11,2)3)9-20-16(19)21-12/h9,14,22H,4-8,18H2,1-3H3,(H2,19,20,21). The zero-order valence-corrected chi connectivity index (χ0v) is 15.0. The van der Waals surface area contributed by atoms with Crippen molar-refractivity contribution in [2.75, 3.05) is 25.4 Å².